The number of carbonyl (C=O) groups excluding carboxylic acids is 1. The summed E-state index contributed by atoms with van der Waals surface area (Å²) >= 11 is 0. The zero-order chi connectivity index (χ0) is 19.0. The number of nitrogens with zero attached hydrogens (tertiary/aromatic N) is 3. The van der Waals surface area contributed by atoms with E-state index in [0.717, 1.165) is 29.8 Å². The molecule has 2 atom stereocenters. The molecular formula is C21H24N4O2. The van der Waals surface area contributed by atoms with Crippen molar-refractivity contribution >= 4 is 28.3 Å². The summed E-state index contributed by atoms with van der Waals surface area (Å²) in [5, 5.41) is 3.90. The summed E-state index contributed by atoms with van der Waals surface area (Å²) in [7, 11) is 1.94. The van der Waals surface area contributed by atoms with E-state index in [1.165, 1.54) is 0 Å². The number of aryl methyl sites for hydroxylation is 1. The van der Waals surface area contributed by atoms with E-state index in [-0.39, 0.29) is 18.1 Å². The number of hydrogen-bond donors (Lipinski definition) is 1. The zero-order valence-electron chi connectivity index (χ0n) is 15.8. The van der Waals surface area contributed by atoms with Crippen molar-refractivity contribution in [2.24, 2.45) is 7.05 Å². The van der Waals surface area contributed by atoms with Gasteiger partial charge >= 0.3 is 0 Å². The second-order valence-corrected chi connectivity index (χ2v) is 7.19. The molecule has 0 aliphatic carbocycles. The molecule has 0 saturated carbocycles. The van der Waals surface area contributed by atoms with Crippen LogP contribution in [-0.2, 0) is 11.8 Å². The monoisotopic (exact) mass is 364 g/mol. The van der Waals surface area contributed by atoms with Crippen molar-refractivity contribution in [3.63, 3.8) is 0 Å². The highest BCUT2D eigenvalue weighted by Gasteiger charge is 2.23. The largest absolute Gasteiger partial charge is 0.372 e. The first-order chi connectivity index (χ1) is 13.0. The van der Waals surface area contributed by atoms with Crippen molar-refractivity contribution in [1.82, 2.24) is 9.55 Å². The van der Waals surface area contributed by atoms with E-state index >= 15 is 0 Å². The molecule has 1 fully saturated rings. The summed E-state index contributed by atoms with van der Waals surface area (Å²) in [5.74, 6) is 0.773. The minimum absolute atomic E-state index is 0.130. The van der Waals surface area contributed by atoms with Crippen LogP contribution in [0.3, 0.4) is 0 Å². The van der Waals surface area contributed by atoms with E-state index < -0.39 is 0 Å². The number of pyridine rings is 1. The van der Waals surface area contributed by atoms with Crippen LogP contribution in [0.5, 0.6) is 0 Å². The van der Waals surface area contributed by atoms with Crippen LogP contribution in [0.1, 0.15) is 24.2 Å². The van der Waals surface area contributed by atoms with Crippen LogP contribution in [-0.4, -0.2) is 40.8 Å². The van der Waals surface area contributed by atoms with E-state index in [2.05, 4.69) is 29.0 Å². The van der Waals surface area contributed by atoms with Crippen LogP contribution in [0.25, 0.3) is 10.9 Å². The van der Waals surface area contributed by atoms with E-state index in [4.69, 9.17) is 4.74 Å². The molecular weight excluding hydrogens is 340 g/mol. The average molecular weight is 364 g/mol. The van der Waals surface area contributed by atoms with Gasteiger partial charge in [0.25, 0.3) is 5.91 Å². The molecule has 6 heteroatoms. The molecule has 0 spiro atoms. The molecule has 3 heterocycles. The molecule has 6 nitrogen and oxygen atoms in total. The van der Waals surface area contributed by atoms with E-state index in [9.17, 15) is 4.79 Å². The molecule has 1 aliphatic heterocycles. The summed E-state index contributed by atoms with van der Waals surface area (Å²) in [5.41, 5.74) is 2.38. The van der Waals surface area contributed by atoms with Crippen molar-refractivity contribution in [2.45, 2.75) is 26.1 Å². The Bertz CT molecular complexity index is 954. The maximum Gasteiger partial charge on any atom is 0.257 e. The quantitative estimate of drug-likeness (QED) is 0.773. The predicted octanol–water partition coefficient (Wildman–Crippen LogP) is 3.44. The van der Waals surface area contributed by atoms with Gasteiger partial charge in [-0.2, -0.15) is 0 Å². The second-order valence-electron chi connectivity index (χ2n) is 7.19. The molecule has 4 rings (SSSR count). The summed E-state index contributed by atoms with van der Waals surface area (Å²) in [6.45, 7) is 5.78. The third-order valence-electron chi connectivity index (χ3n) is 4.89. The van der Waals surface area contributed by atoms with Gasteiger partial charge in [0.05, 0.1) is 29.7 Å². The number of anilines is 2. The summed E-state index contributed by atoms with van der Waals surface area (Å²) in [4.78, 5) is 19.5. The van der Waals surface area contributed by atoms with Gasteiger partial charge in [-0.25, -0.2) is 4.98 Å². The summed E-state index contributed by atoms with van der Waals surface area (Å²) in [6.07, 6.45) is 3.93. The zero-order valence-corrected chi connectivity index (χ0v) is 15.8. The van der Waals surface area contributed by atoms with Crippen LogP contribution in [0.15, 0.2) is 48.8 Å². The van der Waals surface area contributed by atoms with Gasteiger partial charge in [-0.15, -0.1) is 0 Å². The van der Waals surface area contributed by atoms with Crippen LogP contribution in [0.2, 0.25) is 0 Å². The Balaban J connectivity index is 1.50. The summed E-state index contributed by atoms with van der Waals surface area (Å²) < 4.78 is 7.74. The molecule has 140 valence electrons. The Morgan fingerprint density at radius 2 is 1.89 bits per heavy atom. The van der Waals surface area contributed by atoms with Gasteiger partial charge < -0.3 is 19.5 Å². The number of nitrogens with one attached hydrogen (secondary N) is 1. The van der Waals surface area contributed by atoms with Crippen molar-refractivity contribution in [2.75, 3.05) is 23.3 Å². The van der Waals surface area contributed by atoms with Gasteiger partial charge in [-0.05, 0) is 32.0 Å². The van der Waals surface area contributed by atoms with Crippen molar-refractivity contribution < 1.29 is 9.53 Å². The van der Waals surface area contributed by atoms with Crippen LogP contribution in [0.4, 0.5) is 11.5 Å². The van der Waals surface area contributed by atoms with Crippen molar-refractivity contribution in [1.29, 1.82) is 0 Å². The topological polar surface area (TPSA) is 59.4 Å². The summed E-state index contributed by atoms with van der Waals surface area (Å²) in [6, 6.07) is 11.7. The Morgan fingerprint density at radius 1 is 1.15 bits per heavy atom. The van der Waals surface area contributed by atoms with Gasteiger partial charge in [-0.3, -0.25) is 4.79 Å². The number of carbonyl (C=O) groups is 1. The van der Waals surface area contributed by atoms with Crippen LogP contribution >= 0.6 is 0 Å². The second kappa shape index (κ2) is 7.04. The van der Waals surface area contributed by atoms with Gasteiger partial charge in [0.2, 0.25) is 0 Å². The maximum absolute atomic E-state index is 12.7. The SMILES string of the molecule is C[C@@H]1CN(c2ccc(NC(=O)c3cn(C)c4ccccc34)cn2)C[C@H](C)O1. The van der Waals surface area contributed by atoms with E-state index in [0.29, 0.717) is 11.3 Å². The standard InChI is InChI=1S/C21H24N4O2/c1-14-11-25(12-15(2)27-14)20-9-8-16(10-22-20)23-21(26)18-13-24(3)19-7-5-4-6-17(18)19/h4-10,13-15H,11-12H2,1-3H3,(H,23,26)/t14-,15+. The van der Waals surface area contributed by atoms with Crippen molar-refractivity contribution in [3.05, 3.63) is 54.4 Å². The number of fused-ring (bicyclic) bond motifs is 1. The molecule has 0 unspecified atom stereocenters. The number of ether oxygens (including phenoxy) is 1. The lowest BCUT2D eigenvalue weighted by Crippen LogP contribution is -2.45. The number of hydrogen-bond acceptors (Lipinski definition) is 4. The fraction of sp³-hybridized carbons (Fsp3) is 0.333. The van der Waals surface area contributed by atoms with Gasteiger partial charge in [-0.1, -0.05) is 18.2 Å². The highest BCUT2D eigenvalue weighted by atomic mass is 16.5. The number of amides is 1. The Kier molecular flexibility index (Phi) is 4.58. The molecule has 1 amide bonds. The van der Waals surface area contributed by atoms with Gasteiger partial charge in [0.15, 0.2) is 0 Å². The molecule has 1 N–H and O–H groups in total. The van der Waals surface area contributed by atoms with E-state index in [1.54, 1.807) is 6.20 Å². The predicted molar refractivity (Wildman–Crippen MR) is 107 cm³/mol. The first-order valence-corrected chi connectivity index (χ1v) is 9.23. The minimum Gasteiger partial charge on any atom is -0.372 e. The average Bonchev–Trinajstić information content (AvgIpc) is 2.99. The number of rotatable bonds is 3. The first kappa shape index (κ1) is 17.5. The third-order valence-corrected chi connectivity index (χ3v) is 4.89. The highest BCUT2D eigenvalue weighted by molar-refractivity contribution is 6.12. The van der Waals surface area contributed by atoms with Gasteiger partial charge in [0.1, 0.15) is 5.82 Å². The third kappa shape index (κ3) is 3.53. The minimum atomic E-state index is -0.130. The Labute approximate surface area is 158 Å². The molecule has 1 aromatic carbocycles. The molecule has 1 aliphatic rings. The smallest absolute Gasteiger partial charge is 0.257 e. The van der Waals surface area contributed by atoms with E-state index in [1.807, 2.05) is 54.2 Å². The molecule has 27 heavy (non-hydrogen) atoms. The molecule has 2 aromatic heterocycles. The van der Waals surface area contributed by atoms with Crippen LogP contribution < -0.4 is 10.2 Å². The van der Waals surface area contributed by atoms with Crippen molar-refractivity contribution in [3.8, 4) is 0 Å². The lowest BCUT2D eigenvalue weighted by Gasteiger charge is -2.36. The normalized spacial score (nSPS) is 20.0. The number of aromatic nitrogens is 2. The highest BCUT2D eigenvalue weighted by Crippen LogP contribution is 2.23. The fourth-order valence-corrected chi connectivity index (χ4v) is 3.73. The number of morpholine rings is 1. The molecule has 3 aromatic rings. The fourth-order valence-electron chi connectivity index (χ4n) is 3.73. The molecule has 1 saturated heterocycles. The first-order valence-electron chi connectivity index (χ1n) is 9.23. The number of benzene rings is 1. The lowest BCUT2D eigenvalue weighted by atomic mass is 10.1. The van der Waals surface area contributed by atoms with Crippen LogP contribution in [0, 0.1) is 0 Å². The number of para-hydroxylation sites is 1. The molecule has 0 radical (unpaired) electrons. The Hall–Kier alpha value is -2.86. The molecule has 0 bridgehead atoms. The lowest BCUT2D eigenvalue weighted by molar-refractivity contribution is -0.00545. The van der Waals surface area contributed by atoms with Gasteiger partial charge in [0, 0.05) is 37.2 Å². The Morgan fingerprint density at radius 3 is 2.59 bits per heavy atom. The maximum atomic E-state index is 12.7.